The fourth-order valence-corrected chi connectivity index (χ4v) is 7.42. The maximum atomic E-state index is 11.2. The predicted molar refractivity (Wildman–Crippen MR) is 202 cm³/mol. The number of hydrogen-bond acceptors (Lipinski definition) is 4. The Morgan fingerprint density at radius 3 is 2.04 bits per heavy atom. The lowest BCUT2D eigenvalue weighted by atomic mass is 9.94. The van der Waals surface area contributed by atoms with Gasteiger partial charge < -0.3 is 8.98 Å². The molecule has 0 aliphatic heterocycles. The summed E-state index contributed by atoms with van der Waals surface area (Å²) in [5, 5.41) is 17.3. The minimum Gasteiger partial charge on any atom is -0.456 e. The number of aromatic nitrogens is 3. The van der Waals surface area contributed by atoms with Crippen LogP contribution >= 0.6 is 0 Å². The summed E-state index contributed by atoms with van der Waals surface area (Å²) in [5.41, 5.74) is 8.64. The van der Waals surface area contributed by atoms with Crippen LogP contribution in [-0.2, 0) is 0 Å². The van der Waals surface area contributed by atoms with E-state index in [1.165, 1.54) is 0 Å². The van der Waals surface area contributed by atoms with Crippen molar-refractivity contribution in [2.75, 3.05) is 0 Å². The number of benzene rings is 7. The molecule has 5 nitrogen and oxygen atoms in total. The van der Waals surface area contributed by atoms with Crippen LogP contribution in [0.25, 0.3) is 94.1 Å². The molecule has 0 fully saturated rings. The highest BCUT2D eigenvalue weighted by molar-refractivity contribution is 6.25. The Morgan fingerprint density at radius 2 is 1.22 bits per heavy atom. The second-order valence-electron chi connectivity index (χ2n) is 12.5. The molecule has 0 radical (unpaired) electrons. The van der Waals surface area contributed by atoms with E-state index in [0.717, 1.165) is 76.9 Å². The Bertz CT molecular complexity index is 2990. The van der Waals surface area contributed by atoms with E-state index in [-0.39, 0.29) is 0 Å². The molecule has 3 heterocycles. The summed E-state index contributed by atoms with van der Waals surface area (Å²) in [6, 6.07) is 56.1. The molecule has 0 saturated heterocycles. The second-order valence-corrected chi connectivity index (χ2v) is 12.5. The Morgan fingerprint density at radius 1 is 0.540 bits per heavy atom. The van der Waals surface area contributed by atoms with Crippen LogP contribution < -0.4 is 0 Å². The van der Waals surface area contributed by atoms with E-state index < -0.39 is 0 Å². The lowest BCUT2D eigenvalue weighted by molar-refractivity contribution is 0.669. The van der Waals surface area contributed by atoms with Crippen molar-refractivity contribution in [3.8, 4) is 45.7 Å². The first-order valence-corrected chi connectivity index (χ1v) is 16.6. The van der Waals surface area contributed by atoms with E-state index in [1.54, 1.807) is 0 Å². The zero-order chi connectivity index (χ0) is 33.2. The molecule has 3 aromatic heterocycles. The lowest BCUT2D eigenvalue weighted by Gasteiger charge is -2.16. The number of para-hydroxylation sites is 3. The average Bonchev–Trinajstić information content (AvgIpc) is 3.72. The molecule has 232 valence electrons. The maximum Gasteiger partial charge on any atom is 0.160 e. The fraction of sp³-hybridized carbons (Fsp3) is 0. The Labute approximate surface area is 286 Å². The zero-order valence-electron chi connectivity index (χ0n) is 26.7. The van der Waals surface area contributed by atoms with Gasteiger partial charge >= 0.3 is 0 Å². The standard InChI is InChI=1S/C45H26N4O/c46-27-36-42(31-24-23-28-13-7-8-16-30(28)25-31)47-45(29-14-3-1-4-15-29)48-43(36)41-40-34-20-10-12-22-38(34)50-39(40)26-35-33-19-9-11-21-37(33)49(44(35)41)32-17-5-2-6-18-32/h1-26H. The Balaban J connectivity index is 1.44. The molecule has 0 spiro atoms. The molecule has 0 unspecified atom stereocenters. The van der Waals surface area contributed by atoms with Crippen LogP contribution in [0.2, 0.25) is 0 Å². The van der Waals surface area contributed by atoms with Gasteiger partial charge in [-0.3, -0.25) is 0 Å². The lowest BCUT2D eigenvalue weighted by Crippen LogP contribution is -2.03. The number of nitrogens with zero attached hydrogens (tertiary/aromatic N) is 4. The van der Waals surface area contributed by atoms with Crippen LogP contribution in [0.4, 0.5) is 0 Å². The van der Waals surface area contributed by atoms with Crippen molar-refractivity contribution in [3.05, 3.63) is 163 Å². The van der Waals surface area contributed by atoms with Crippen molar-refractivity contribution in [2.24, 2.45) is 0 Å². The van der Waals surface area contributed by atoms with E-state index in [4.69, 9.17) is 14.4 Å². The van der Waals surface area contributed by atoms with Gasteiger partial charge in [0, 0.05) is 43.9 Å². The maximum absolute atomic E-state index is 11.2. The summed E-state index contributed by atoms with van der Waals surface area (Å²) in [6.07, 6.45) is 0. The van der Waals surface area contributed by atoms with Crippen molar-refractivity contribution in [2.45, 2.75) is 0 Å². The van der Waals surface area contributed by atoms with Crippen LogP contribution in [0.5, 0.6) is 0 Å². The van der Waals surface area contributed by atoms with Gasteiger partial charge in [-0.2, -0.15) is 5.26 Å². The van der Waals surface area contributed by atoms with Gasteiger partial charge in [0.25, 0.3) is 0 Å². The van der Waals surface area contributed by atoms with E-state index in [2.05, 4.69) is 102 Å². The Hall–Kier alpha value is -7.03. The van der Waals surface area contributed by atoms with Crippen molar-refractivity contribution in [1.29, 1.82) is 5.26 Å². The highest BCUT2D eigenvalue weighted by atomic mass is 16.3. The smallest absolute Gasteiger partial charge is 0.160 e. The van der Waals surface area contributed by atoms with Gasteiger partial charge in [0.1, 0.15) is 22.8 Å². The molecule has 0 amide bonds. The highest BCUT2D eigenvalue weighted by Crippen LogP contribution is 2.47. The largest absolute Gasteiger partial charge is 0.456 e. The van der Waals surface area contributed by atoms with Gasteiger partial charge in [0.2, 0.25) is 0 Å². The fourth-order valence-electron chi connectivity index (χ4n) is 7.42. The summed E-state index contributed by atoms with van der Waals surface area (Å²) >= 11 is 0. The van der Waals surface area contributed by atoms with Crippen LogP contribution in [0.15, 0.2) is 162 Å². The van der Waals surface area contributed by atoms with E-state index in [9.17, 15) is 5.26 Å². The van der Waals surface area contributed by atoms with Gasteiger partial charge in [-0.15, -0.1) is 0 Å². The molecule has 0 aliphatic rings. The van der Waals surface area contributed by atoms with Gasteiger partial charge in [0.15, 0.2) is 5.82 Å². The summed E-state index contributed by atoms with van der Waals surface area (Å²) in [7, 11) is 0. The monoisotopic (exact) mass is 638 g/mol. The molecule has 10 rings (SSSR count). The van der Waals surface area contributed by atoms with E-state index in [0.29, 0.717) is 22.8 Å². The Kier molecular flexibility index (Phi) is 6.17. The molecule has 0 bridgehead atoms. The number of hydrogen-bond donors (Lipinski definition) is 0. The molecule has 5 heteroatoms. The number of rotatable bonds is 4. The van der Waals surface area contributed by atoms with E-state index in [1.807, 2.05) is 66.7 Å². The van der Waals surface area contributed by atoms with Crippen LogP contribution in [0, 0.1) is 11.3 Å². The molecule has 0 atom stereocenters. The van der Waals surface area contributed by atoms with Crippen LogP contribution in [0.3, 0.4) is 0 Å². The first-order chi connectivity index (χ1) is 24.8. The van der Waals surface area contributed by atoms with Crippen molar-refractivity contribution in [3.63, 3.8) is 0 Å². The topological polar surface area (TPSA) is 67.6 Å². The molecular formula is C45H26N4O. The summed E-state index contributed by atoms with van der Waals surface area (Å²) in [5.74, 6) is 0.545. The second kappa shape index (κ2) is 11.0. The van der Waals surface area contributed by atoms with Gasteiger partial charge in [-0.05, 0) is 47.2 Å². The molecule has 7 aromatic carbocycles. The summed E-state index contributed by atoms with van der Waals surface area (Å²) in [6.45, 7) is 0. The molecular weight excluding hydrogens is 613 g/mol. The van der Waals surface area contributed by atoms with Gasteiger partial charge in [-0.25, -0.2) is 9.97 Å². The van der Waals surface area contributed by atoms with Crippen molar-refractivity contribution < 1.29 is 4.42 Å². The van der Waals surface area contributed by atoms with Crippen LogP contribution in [-0.4, -0.2) is 14.5 Å². The first kappa shape index (κ1) is 28.0. The van der Waals surface area contributed by atoms with Crippen molar-refractivity contribution in [1.82, 2.24) is 14.5 Å². The highest BCUT2D eigenvalue weighted by Gasteiger charge is 2.28. The molecule has 0 saturated carbocycles. The average molecular weight is 639 g/mol. The van der Waals surface area contributed by atoms with Crippen molar-refractivity contribution >= 4 is 54.5 Å². The first-order valence-electron chi connectivity index (χ1n) is 16.6. The third-order valence-corrected chi connectivity index (χ3v) is 9.63. The number of nitriles is 1. The third-order valence-electron chi connectivity index (χ3n) is 9.63. The molecule has 0 N–H and O–H groups in total. The molecule has 0 aliphatic carbocycles. The van der Waals surface area contributed by atoms with E-state index >= 15 is 0 Å². The quantitative estimate of drug-likeness (QED) is 0.192. The summed E-state index contributed by atoms with van der Waals surface area (Å²) < 4.78 is 8.90. The minimum absolute atomic E-state index is 0.406. The molecule has 10 aromatic rings. The summed E-state index contributed by atoms with van der Waals surface area (Å²) in [4.78, 5) is 10.5. The molecule has 50 heavy (non-hydrogen) atoms. The number of fused-ring (bicyclic) bond motifs is 7. The SMILES string of the molecule is N#Cc1c(-c2ccc3ccccc3c2)nc(-c2ccccc2)nc1-c1c2c(cc3c4ccccc4n(-c4ccccc4)c13)oc1ccccc12. The van der Waals surface area contributed by atoms with Gasteiger partial charge in [-0.1, -0.05) is 121 Å². The number of furan rings is 1. The minimum atomic E-state index is 0.406. The predicted octanol–water partition coefficient (Wildman–Crippen LogP) is 11.5. The normalized spacial score (nSPS) is 11.6. The third kappa shape index (κ3) is 4.19. The van der Waals surface area contributed by atoms with Crippen LogP contribution in [0.1, 0.15) is 5.56 Å². The zero-order valence-corrected chi connectivity index (χ0v) is 26.7. The van der Waals surface area contributed by atoms with Gasteiger partial charge in [0.05, 0.1) is 22.4 Å².